The maximum atomic E-state index is 12.1. The van der Waals surface area contributed by atoms with Crippen molar-refractivity contribution in [2.45, 2.75) is 20.4 Å². The number of anilines is 1. The molecule has 1 saturated heterocycles. The molecule has 5 heteroatoms. The monoisotopic (exact) mass is 249 g/mol. The Kier molecular flexibility index (Phi) is 3.81. The quantitative estimate of drug-likeness (QED) is 0.827. The van der Waals surface area contributed by atoms with Gasteiger partial charge in [0.15, 0.2) is 0 Å². The molecule has 2 unspecified atom stereocenters. The van der Waals surface area contributed by atoms with E-state index in [4.69, 9.17) is 0 Å². The van der Waals surface area contributed by atoms with Gasteiger partial charge in [-0.3, -0.25) is 9.59 Å². The molecule has 1 fully saturated rings. The van der Waals surface area contributed by atoms with Gasteiger partial charge in [-0.25, -0.2) is 0 Å². The standard InChI is InChI=1S/C13H19N3O2/c1-3-16-8-10(4-5-12(16)17)15-13(18)11-7-14-6-9(11)2/h4-5,8-9,11,14H,3,6-7H2,1-2H3,(H,15,18). The lowest BCUT2D eigenvalue weighted by Gasteiger charge is -2.14. The van der Waals surface area contributed by atoms with Gasteiger partial charge in [0, 0.05) is 25.4 Å². The molecule has 2 atom stereocenters. The zero-order chi connectivity index (χ0) is 13.1. The first-order valence-electron chi connectivity index (χ1n) is 6.34. The SMILES string of the molecule is CCn1cc(NC(=O)C2CNCC2C)ccc1=O. The Morgan fingerprint density at radius 1 is 1.50 bits per heavy atom. The molecule has 0 radical (unpaired) electrons. The zero-order valence-electron chi connectivity index (χ0n) is 10.8. The lowest BCUT2D eigenvalue weighted by Crippen LogP contribution is -2.28. The van der Waals surface area contributed by atoms with E-state index < -0.39 is 0 Å². The Bertz CT molecular complexity index is 495. The molecule has 2 N–H and O–H groups in total. The second-order valence-corrected chi connectivity index (χ2v) is 4.77. The lowest BCUT2D eigenvalue weighted by atomic mass is 9.97. The summed E-state index contributed by atoms with van der Waals surface area (Å²) in [7, 11) is 0. The Hall–Kier alpha value is -1.62. The van der Waals surface area contributed by atoms with Crippen LogP contribution in [0.1, 0.15) is 13.8 Å². The second kappa shape index (κ2) is 5.35. The first-order valence-corrected chi connectivity index (χ1v) is 6.34. The molecule has 0 saturated carbocycles. The predicted molar refractivity (Wildman–Crippen MR) is 70.5 cm³/mol. The summed E-state index contributed by atoms with van der Waals surface area (Å²) in [6, 6.07) is 3.13. The van der Waals surface area contributed by atoms with E-state index in [9.17, 15) is 9.59 Å². The third-order valence-electron chi connectivity index (χ3n) is 3.45. The molecular weight excluding hydrogens is 230 g/mol. The first kappa shape index (κ1) is 12.8. The highest BCUT2D eigenvalue weighted by molar-refractivity contribution is 5.92. The van der Waals surface area contributed by atoms with Gasteiger partial charge < -0.3 is 15.2 Å². The van der Waals surface area contributed by atoms with Crippen LogP contribution in [0.15, 0.2) is 23.1 Å². The van der Waals surface area contributed by atoms with Crippen LogP contribution < -0.4 is 16.2 Å². The number of amides is 1. The van der Waals surface area contributed by atoms with Gasteiger partial charge in [-0.1, -0.05) is 6.92 Å². The average Bonchev–Trinajstić information content (AvgIpc) is 2.78. The minimum atomic E-state index is -0.0496. The summed E-state index contributed by atoms with van der Waals surface area (Å²) in [6.07, 6.45) is 1.69. The number of hydrogen-bond acceptors (Lipinski definition) is 3. The van der Waals surface area contributed by atoms with Crippen LogP contribution in [-0.2, 0) is 11.3 Å². The summed E-state index contributed by atoms with van der Waals surface area (Å²) in [6.45, 7) is 6.17. The van der Waals surface area contributed by atoms with Crippen LogP contribution in [0.5, 0.6) is 0 Å². The van der Waals surface area contributed by atoms with Crippen LogP contribution in [-0.4, -0.2) is 23.6 Å². The minimum Gasteiger partial charge on any atom is -0.324 e. The fraction of sp³-hybridized carbons (Fsp3) is 0.538. The number of aromatic nitrogens is 1. The van der Waals surface area contributed by atoms with Gasteiger partial charge in [0.1, 0.15) is 0 Å². The lowest BCUT2D eigenvalue weighted by molar-refractivity contribution is -0.120. The van der Waals surface area contributed by atoms with E-state index >= 15 is 0 Å². The number of hydrogen-bond donors (Lipinski definition) is 2. The molecule has 98 valence electrons. The smallest absolute Gasteiger partial charge is 0.250 e. The van der Waals surface area contributed by atoms with E-state index in [-0.39, 0.29) is 17.4 Å². The van der Waals surface area contributed by atoms with E-state index in [2.05, 4.69) is 17.6 Å². The van der Waals surface area contributed by atoms with Crippen LogP contribution in [0.4, 0.5) is 5.69 Å². The van der Waals surface area contributed by atoms with Crippen molar-refractivity contribution in [2.75, 3.05) is 18.4 Å². The van der Waals surface area contributed by atoms with Gasteiger partial charge >= 0.3 is 0 Å². The minimum absolute atomic E-state index is 0.00649. The molecule has 0 bridgehead atoms. The molecule has 0 spiro atoms. The summed E-state index contributed by atoms with van der Waals surface area (Å²) in [5.74, 6) is 0.378. The van der Waals surface area contributed by atoms with Crippen molar-refractivity contribution in [2.24, 2.45) is 11.8 Å². The third-order valence-corrected chi connectivity index (χ3v) is 3.45. The second-order valence-electron chi connectivity index (χ2n) is 4.77. The number of carbonyl (C=O) groups is 1. The third kappa shape index (κ3) is 2.61. The van der Waals surface area contributed by atoms with Crippen LogP contribution >= 0.6 is 0 Å². The molecule has 2 heterocycles. The highest BCUT2D eigenvalue weighted by Crippen LogP contribution is 2.17. The first-order chi connectivity index (χ1) is 8.61. The molecule has 0 aliphatic carbocycles. The van der Waals surface area contributed by atoms with Crippen molar-refractivity contribution >= 4 is 11.6 Å². The van der Waals surface area contributed by atoms with Gasteiger partial charge in [0.05, 0.1) is 11.6 Å². The van der Waals surface area contributed by atoms with Crippen molar-refractivity contribution in [3.63, 3.8) is 0 Å². The Balaban J connectivity index is 2.09. The summed E-state index contributed by atoms with van der Waals surface area (Å²) >= 11 is 0. The highest BCUT2D eigenvalue weighted by atomic mass is 16.2. The van der Waals surface area contributed by atoms with Gasteiger partial charge in [0.2, 0.25) is 5.91 Å². The normalized spacial score (nSPS) is 23.0. The molecule has 1 aromatic heterocycles. The molecule has 5 nitrogen and oxygen atoms in total. The van der Waals surface area contributed by atoms with Crippen molar-refractivity contribution in [3.05, 3.63) is 28.7 Å². The Morgan fingerprint density at radius 3 is 2.89 bits per heavy atom. The summed E-state index contributed by atoms with van der Waals surface area (Å²) in [5.41, 5.74) is 0.631. The van der Waals surface area contributed by atoms with Crippen molar-refractivity contribution < 1.29 is 4.79 Å². The molecule has 1 amide bonds. The van der Waals surface area contributed by atoms with Crippen molar-refractivity contribution in [1.82, 2.24) is 9.88 Å². The van der Waals surface area contributed by atoms with E-state index in [1.165, 1.54) is 6.07 Å². The van der Waals surface area contributed by atoms with Crippen molar-refractivity contribution in [3.8, 4) is 0 Å². The number of rotatable bonds is 3. The van der Waals surface area contributed by atoms with Gasteiger partial charge in [0.25, 0.3) is 5.56 Å². The number of aryl methyl sites for hydroxylation is 1. The van der Waals surface area contributed by atoms with Crippen LogP contribution in [0.3, 0.4) is 0 Å². The highest BCUT2D eigenvalue weighted by Gasteiger charge is 2.29. The average molecular weight is 249 g/mol. The van der Waals surface area contributed by atoms with Crippen molar-refractivity contribution in [1.29, 1.82) is 0 Å². The van der Waals surface area contributed by atoms with Gasteiger partial charge in [-0.2, -0.15) is 0 Å². The fourth-order valence-electron chi connectivity index (χ4n) is 2.25. The van der Waals surface area contributed by atoms with E-state index in [1.54, 1.807) is 16.8 Å². The molecule has 0 aromatic carbocycles. The Labute approximate surface area is 106 Å². The largest absolute Gasteiger partial charge is 0.324 e. The zero-order valence-corrected chi connectivity index (χ0v) is 10.8. The maximum absolute atomic E-state index is 12.1. The number of carbonyl (C=O) groups excluding carboxylic acids is 1. The van der Waals surface area contributed by atoms with E-state index in [0.29, 0.717) is 18.2 Å². The number of pyridine rings is 1. The maximum Gasteiger partial charge on any atom is 0.250 e. The fourth-order valence-corrected chi connectivity index (χ4v) is 2.25. The summed E-state index contributed by atoms with van der Waals surface area (Å²) in [4.78, 5) is 23.5. The number of nitrogens with one attached hydrogen (secondary N) is 2. The van der Waals surface area contributed by atoms with E-state index in [0.717, 1.165) is 13.1 Å². The van der Waals surface area contributed by atoms with Crippen LogP contribution in [0, 0.1) is 11.8 Å². The predicted octanol–water partition coefficient (Wildman–Crippen LogP) is 0.662. The summed E-state index contributed by atoms with van der Waals surface area (Å²) in [5, 5.41) is 6.08. The van der Waals surface area contributed by atoms with E-state index in [1.807, 2.05) is 6.92 Å². The molecule has 1 aliphatic heterocycles. The van der Waals surface area contributed by atoms with Gasteiger partial charge in [-0.15, -0.1) is 0 Å². The van der Waals surface area contributed by atoms with Gasteiger partial charge in [-0.05, 0) is 25.5 Å². The van der Waals surface area contributed by atoms with Crippen LogP contribution in [0.25, 0.3) is 0 Å². The Morgan fingerprint density at radius 2 is 2.28 bits per heavy atom. The summed E-state index contributed by atoms with van der Waals surface area (Å²) < 4.78 is 1.58. The van der Waals surface area contributed by atoms with Crippen LogP contribution in [0.2, 0.25) is 0 Å². The number of nitrogens with zero attached hydrogens (tertiary/aromatic N) is 1. The topological polar surface area (TPSA) is 63.1 Å². The molecule has 1 aromatic rings. The molecular formula is C13H19N3O2. The molecule has 2 rings (SSSR count). The molecule has 1 aliphatic rings. The molecule has 18 heavy (non-hydrogen) atoms.